The number of hydrogen-bond acceptors (Lipinski definition) is 4. The summed E-state index contributed by atoms with van der Waals surface area (Å²) in [5.74, 6) is -1.17. The third-order valence-corrected chi connectivity index (χ3v) is 3.89. The van der Waals surface area contributed by atoms with Crippen LogP contribution in [0.4, 0.5) is 17.6 Å². The maximum atomic E-state index is 13.3. The number of hydrogen-bond donors (Lipinski definition) is 1. The van der Waals surface area contributed by atoms with Crippen molar-refractivity contribution in [1.29, 1.82) is 0 Å². The van der Waals surface area contributed by atoms with Crippen molar-refractivity contribution in [2.24, 2.45) is 5.73 Å². The first-order valence-electron chi connectivity index (χ1n) is 6.80. The van der Waals surface area contributed by atoms with Gasteiger partial charge in [0.15, 0.2) is 5.82 Å². The molecule has 1 aliphatic carbocycles. The zero-order valence-corrected chi connectivity index (χ0v) is 12.7. The number of aromatic nitrogens is 2. The molecule has 3 rings (SSSR count). The quantitative estimate of drug-likeness (QED) is 0.829. The van der Waals surface area contributed by atoms with E-state index in [1.54, 1.807) is 0 Å². The minimum atomic E-state index is -4.79. The highest BCUT2D eigenvalue weighted by Gasteiger charge is 2.37. The molecule has 4 nitrogen and oxygen atoms in total. The molecular formula is C14H14ClF4N3O. The van der Waals surface area contributed by atoms with E-state index in [-0.39, 0.29) is 29.7 Å². The van der Waals surface area contributed by atoms with Crippen molar-refractivity contribution in [3.63, 3.8) is 0 Å². The SMILES string of the molecule is Cl.NC1(c2noc(-c3ccc(F)c(C(F)(F)F)c3)n2)CCCC1. The summed E-state index contributed by atoms with van der Waals surface area (Å²) in [5.41, 5.74) is 4.11. The molecule has 1 aromatic carbocycles. The first-order chi connectivity index (χ1) is 10.3. The van der Waals surface area contributed by atoms with Crippen LogP contribution in [-0.4, -0.2) is 10.1 Å². The third kappa shape index (κ3) is 3.32. The van der Waals surface area contributed by atoms with Crippen molar-refractivity contribution >= 4 is 12.4 Å². The van der Waals surface area contributed by atoms with Gasteiger partial charge in [0, 0.05) is 5.56 Å². The Bertz CT molecular complexity index is 696. The first-order valence-corrected chi connectivity index (χ1v) is 6.80. The summed E-state index contributed by atoms with van der Waals surface area (Å²) in [6.45, 7) is 0. The first kappa shape index (κ1) is 17.7. The molecule has 0 saturated heterocycles. The maximum absolute atomic E-state index is 13.3. The highest BCUT2D eigenvalue weighted by Crippen LogP contribution is 2.37. The van der Waals surface area contributed by atoms with Crippen molar-refractivity contribution in [3.8, 4) is 11.5 Å². The van der Waals surface area contributed by atoms with Gasteiger partial charge in [0.2, 0.25) is 0 Å². The average Bonchev–Trinajstić information content (AvgIpc) is 3.07. The Morgan fingerprint density at radius 1 is 1.17 bits per heavy atom. The Morgan fingerprint density at radius 3 is 2.43 bits per heavy atom. The normalized spacial score (nSPS) is 17.1. The van der Waals surface area contributed by atoms with Gasteiger partial charge in [-0.3, -0.25) is 0 Å². The number of halogens is 5. The van der Waals surface area contributed by atoms with Crippen LogP contribution >= 0.6 is 12.4 Å². The molecule has 2 N–H and O–H groups in total. The maximum Gasteiger partial charge on any atom is 0.419 e. The van der Waals surface area contributed by atoms with Gasteiger partial charge in [-0.05, 0) is 31.0 Å². The molecular weight excluding hydrogens is 338 g/mol. The molecule has 0 unspecified atom stereocenters. The highest BCUT2D eigenvalue weighted by atomic mass is 35.5. The monoisotopic (exact) mass is 351 g/mol. The smallest absolute Gasteiger partial charge is 0.334 e. The molecule has 1 aromatic heterocycles. The number of nitrogens with zero attached hydrogens (tertiary/aromatic N) is 2. The van der Waals surface area contributed by atoms with Crippen LogP contribution < -0.4 is 5.73 Å². The van der Waals surface area contributed by atoms with Crippen LogP contribution in [0.1, 0.15) is 37.1 Å². The molecule has 1 saturated carbocycles. The van der Waals surface area contributed by atoms with E-state index in [0.717, 1.165) is 18.9 Å². The molecule has 2 aromatic rings. The van der Waals surface area contributed by atoms with Gasteiger partial charge in [-0.1, -0.05) is 18.0 Å². The fraction of sp³-hybridized carbons (Fsp3) is 0.429. The second-order valence-electron chi connectivity index (χ2n) is 5.48. The van der Waals surface area contributed by atoms with Gasteiger partial charge in [-0.25, -0.2) is 4.39 Å². The van der Waals surface area contributed by atoms with E-state index in [1.165, 1.54) is 6.07 Å². The summed E-state index contributed by atoms with van der Waals surface area (Å²) in [5, 5.41) is 3.77. The van der Waals surface area contributed by atoms with Crippen molar-refractivity contribution in [2.45, 2.75) is 37.4 Å². The predicted octanol–water partition coefficient (Wildman–Crippen LogP) is 4.04. The standard InChI is InChI=1S/C14H13F4N3O.ClH/c15-10-4-3-8(7-9(10)14(16,17)18)11-20-12(21-22-11)13(19)5-1-2-6-13;/h3-4,7H,1-2,5-6,19H2;1H. The van der Waals surface area contributed by atoms with Gasteiger partial charge in [0.1, 0.15) is 5.82 Å². The number of alkyl halides is 3. The van der Waals surface area contributed by atoms with Gasteiger partial charge in [-0.15, -0.1) is 12.4 Å². The summed E-state index contributed by atoms with van der Waals surface area (Å²) in [7, 11) is 0. The summed E-state index contributed by atoms with van der Waals surface area (Å²) in [6, 6.07) is 2.56. The Morgan fingerprint density at radius 2 is 1.83 bits per heavy atom. The fourth-order valence-corrected chi connectivity index (χ4v) is 2.65. The van der Waals surface area contributed by atoms with Crippen molar-refractivity contribution in [1.82, 2.24) is 10.1 Å². The molecule has 1 fully saturated rings. The molecule has 1 aliphatic rings. The number of benzene rings is 1. The van der Waals surface area contributed by atoms with E-state index in [9.17, 15) is 17.6 Å². The van der Waals surface area contributed by atoms with Crippen molar-refractivity contribution < 1.29 is 22.1 Å². The van der Waals surface area contributed by atoms with Crippen LogP contribution in [0, 0.1) is 5.82 Å². The van der Waals surface area contributed by atoms with Crippen LogP contribution in [-0.2, 0) is 11.7 Å². The molecule has 0 radical (unpaired) electrons. The predicted molar refractivity (Wildman–Crippen MR) is 76.3 cm³/mol. The lowest BCUT2D eigenvalue weighted by atomic mass is 9.98. The molecule has 0 amide bonds. The van der Waals surface area contributed by atoms with Gasteiger partial charge in [0.05, 0.1) is 11.1 Å². The second-order valence-corrected chi connectivity index (χ2v) is 5.48. The van der Waals surface area contributed by atoms with Crippen LogP contribution in [0.2, 0.25) is 0 Å². The lowest BCUT2D eigenvalue weighted by Gasteiger charge is -2.17. The third-order valence-electron chi connectivity index (χ3n) is 3.89. The molecule has 0 atom stereocenters. The summed E-state index contributed by atoms with van der Waals surface area (Å²) in [4.78, 5) is 4.09. The Hall–Kier alpha value is -1.67. The van der Waals surface area contributed by atoms with E-state index in [1.807, 2.05) is 0 Å². The van der Waals surface area contributed by atoms with Crippen LogP contribution in [0.15, 0.2) is 22.7 Å². The summed E-state index contributed by atoms with van der Waals surface area (Å²) < 4.78 is 56.5. The van der Waals surface area contributed by atoms with Gasteiger partial charge >= 0.3 is 6.18 Å². The summed E-state index contributed by atoms with van der Waals surface area (Å²) >= 11 is 0. The molecule has 23 heavy (non-hydrogen) atoms. The minimum Gasteiger partial charge on any atom is -0.334 e. The fourth-order valence-electron chi connectivity index (χ4n) is 2.65. The highest BCUT2D eigenvalue weighted by molar-refractivity contribution is 5.85. The van der Waals surface area contributed by atoms with Crippen molar-refractivity contribution in [2.75, 3.05) is 0 Å². The zero-order valence-electron chi connectivity index (χ0n) is 11.9. The molecule has 0 aliphatic heterocycles. The van der Waals surface area contributed by atoms with E-state index in [0.29, 0.717) is 18.9 Å². The lowest BCUT2D eigenvalue weighted by Crippen LogP contribution is -2.34. The molecule has 0 bridgehead atoms. The van der Waals surface area contributed by atoms with Crippen LogP contribution in [0.5, 0.6) is 0 Å². The lowest BCUT2D eigenvalue weighted by molar-refractivity contribution is -0.139. The Kier molecular flexibility index (Phi) is 4.68. The van der Waals surface area contributed by atoms with Gasteiger partial charge in [-0.2, -0.15) is 18.2 Å². The topological polar surface area (TPSA) is 64.9 Å². The molecule has 1 heterocycles. The van der Waals surface area contributed by atoms with E-state index >= 15 is 0 Å². The molecule has 126 valence electrons. The Balaban J connectivity index is 0.00000192. The van der Waals surface area contributed by atoms with Gasteiger partial charge < -0.3 is 10.3 Å². The van der Waals surface area contributed by atoms with Crippen molar-refractivity contribution in [3.05, 3.63) is 35.4 Å². The zero-order chi connectivity index (χ0) is 16.0. The largest absolute Gasteiger partial charge is 0.419 e. The Labute approximate surface area is 135 Å². The van der Waals surface area contributed by atoms with Crippen LogP contribution in [0.25, 0.3) is 11.5 Å². The second kappa shape index (κ2) is 6.09. The van der Waals surface area contributed by atoms with Crippen LogP contribution in [0.3, 0.4) is 0 Å². The average molecular weight is 352 g/mol. The number of rotatable bonds is 2. The molecule has 9 heteroatoms. The number of nitrogens with two attached hydrogens (primary N) is 1. The van der Waals surface area contributed by atoms with E-state index in [4.69, 9.17) is 10.3 Å². The van der Waals surface area contributed by atoms with E-state index < -0.39 is 23.1 Å². The summed E-state index contributed by atoms with van der Waals surface area (Å²) in [6.07, 6.45) is -1.51. The van der Waals surface area contributed by atoms with E-state index in [2.05, 4.69) is 10.1 Å². The van der Waals surface area contributed by atoms with Gasteiger partial charge in [0.25, 0.3) is 5.89 Å². The minimum absolute atomic E-state index is 0. The molecule has 0 spiro atoms.